The van der Waals surface area contributed by atoms with Crippen molar-refractivity contribution in [2.75, 3.05) is 17.2 Å². The molecular weight excluding hydrogens is 348 g/mol. The molecule has 2 amide bonds. The van der Waals surface area contributed by atoms with Gasteiger partial charge in [-0.25, -0.2) is 4.79 Å². The number of aryl methyl sites for hydroxylation is 1. The van der Waals surface area contributed by atoms with Gasteiger partial charge in [0.2, 0.25) is 11.7 Å². The van der Waals surface area contributed by atoms with Crippen molar-refractivity contribution in [3.8, 4) is 0 Å². The van der Waals surface area contributed by atoms with Crippen LogP contribution in [0.5, 0.6) is 0 Å². The number of furan rings is 1. The van der Waals surface area contributed by atoms with Gasteiger partial charge in [-0.05, 0) is 37.3 Å². The fourth-order valence-corrected chi connectivity index (χ4v) is 2.60. The summed E-state index contributed by atoms with van der Waals surface area (Å²) in [5.41, 5.74) is 2.40. The van der Waals surface area contributed by atoms with E-state index in [0.29, 0.717) is 22.5 Å². The van der Waals surface area contributed by atoms with E-state index in [1.54, 1.807) is 37.3 Å². The smallest absolute Gasteiger partial charge is 0.375 e. The second kappa shape index (κ2) is 7.74. The van der Waals surface area contributed by atoms with Gasteiger partial charge in [0.25, 0.3) is 5.91 Å². The van der Waals surface area contributed by atoms with Crippen LogP contribution in [-0.2, 0) is 14.3 Å². The van der Waals surface area contributed by atoms with Gasteiger partial charge < -0.3 is 19.8 Å². The molecule has 0 unspecified atom stereocenters. The van der Waals surface area contributed by atoms with Crippen LogP contribution in [-0.4, -0.2) is 24.4 Å². The Morgan fingerprint density at radius 3 is 2.22 bits per heavy atom. The molecule has 0 radical (unpaired) electrons. The number of nitrogens with one attached hydrogen (secondary N) is 2. The molecule has 2 N–H and O–H groups in total. The maximum Gasteiger partial charge on any atom is 0.375 e. The van der Waals surface area contributed by atoms with Crippen molar-refractivity contribution in [1.82, 2.24) is 0 Å². The van der Waals surface area contributed by atoms with E-state index in [9.17, 15) is 14.4 Å². The minimum absolute atomic E-state index is 0.0867. The molecule has 2 aromatic carbocycles. The molecule has 0 aliphatic carbocycles. The molecule has 0 atom stereocenters. The number of hydrogen-bond donors (Lipinski definition) is 2. The summed E-state index contributed by atoms with van der Waals surface area (Å²) in [4.78, 5) is 35.2. The Labute approximate surface area is 155 Å². The Morgan fingerprint density at radius 1 is 0.963 bits per heavy atom. The van der Waals surface area contributed by atoms with Crippen molar-refractivity contribution in [3.05, 3.63) is 59.9 Å². The van der Waals surface area contributed by atoms with E-state index in [2.05, 4.69) is 10.6 Å². The van der Waals surface area contributed by atoms with Gasteiger partial charge in [-0.1, -0.05) is 18.2 Å². The Kier molecular flexibility index (Phi) is 5.21. The largest absolute Gasteiger partial charge is 0.450 e. The average Bonchev–Trinajstić information content (AvgIpc) is 2.98. The molecule has 3 aromatic rings. The summed E-state index contributed by atoms with van der Waals surface area (Å²) in [6.07, 6.45) is 0. The van der Waals surface area contributed by atoms with Crippen molar-refractivity contribution >= 4 is 40.1 Å². The number of amides is 2. The molecule has 0 saturated carbocycles. The van der Waals surface area contributed by atoms with Gasteiger partial charge in [-0.3, -0.25) is 9.59 Å². The number of ether oxygens (including phenoxy) is 1. The number of esters is 1. The highest BCUT2D eigenvalue weighted by molar-refractivity contribution is 5.98. The van der Waals surface area contributed by atoms with E-state index in [4.69, 9.17) is 9.15 Å². The number of rotatable bonds is 5. The summed E-state index contributed by atoms with van der Waals surface area (Å²) in [6.45, 7) is 2.73. The standard InChI is InChI=1S/C20H18N2O5/c1-12-16-5-3-4-6-17(16)27-19(12)20(25)26-11-18(24)22-15-9-7-14(8-10-15)21-13(2)23/h3-10H,11H2,1-2H3,(H,21,23)(H,22,24). The molecule has 138 valence electrons. The fourth-order valence-electron chi connectivity index (χ4n) is 2.60. The summed E-state index contributed by atoms with van der Waals surface area (Å²) in [5.74, 6) is -1.27. The predicted molar refractivity (Wildman–Crippen MR) is 101 cm³/mol. The third kappa shape index (κ3) is 4.33. The maximum atomic E-state index is 12.2. The molecule has 27 heavy (non-hydrogen) atoms. The first-order valence-corrected chi connectivity index (χ1v) is 8.27. The average molecular weight is 366 g/mol. The first-order valence-electron chi connectivity index (χ1n) is 8.27. The second-order valence-electron chi connectivity index (χ2n) is 5.94. The second-order valence-corrected chi connectivity index (χ2v) is 5.94. The summed E-state index contributed by atoms with van der Waals surface area (Å²) in [7, 11) is 0. The zero-order valence-corrected chi connectivity index (χ0v) is 14.9. The van der Waals surface area contributed by atoms with Crippen molar-refractivity contribution in [2.24, 2.45) is 0 Å². The van der Waals surface area contributed by atoms with Gasteiger partial charge >= 0.3 is 5.97 Å². The normalized spacial score (nSPS) is 10.4. The van der Waals surface area contributed by atoms with Crippen LogP contribution in [0.25, 0.3) is 11.0 Å². The van der Waals surface area contributed by atoms with Gasteiger partial charge in [0.05, 0.1) is 0 Å². The Hall–Kier alpha value is -3.61. The van der Waals surface area contributed by atoms with Crippen LogP contribution in [0.3, 0.4) is 0 Å². The van der Waals surface area contributed by atoms with Gasteiger partial charge in [0.1, 0.15) is 5.58 Å². The van der Waals surface area contributed by atoms with Crippen LogP contribution in [0.2, 0.25) is 0 Å². The van der Waals surface area contributed by atoms with Crippen LogP contribution >= 0.6 is 0 Å². The van der Waals surface area contributed by atoms with Crippen LogP contribution in [0.15, 0.2) is 52.9 Å². The third-order valence-electron chi connectivity index (χ3n) is 3.85. The van der Waals surface area contributed by atoms with Crippen molar-refractivity contribution < 1.29 is 23.5 Å². The van der Waals surface area contributed by atoms with Crippen LogP contribution in [0.1, 0.15) is 23.0 Å². The number of hydrogen-bond acceptors (Lipinski definition) is 5. The number of fused-ring (bicyclic) bond motifs is 1. The van der Waals surface area contributed by atoms with Gasteiger partial charge in [-0.15, -0.1) is 0 Å². The molecule has 0 bridgehead atoms. The topological polar surface area (TPSA) is 97.6 Å². The number of carbonyl (C=O) groups excluding carboxylic acids is 3. The molecule has 0 saturated heterocycles. The maximum absolute atomic E-state index is 12.2. The highest BCUT2D eigenvalue weighted by Crippen LogP contribution is 2.25. The number of benzene rings is 2. The molecular formula is C20H18N2O5. The molecule has 1 heterocycles. The summed E-state index contributed by atoms with van der Waals surface area (Å²) < 4.78 is 10.6. The molecule has 0 aliphatic heterocycles. The van der Waals surface area contributed by atoms with Gasteiger partial charge in [-0.2, -0.15) is 0 Å². The van der Waals surface area contributed by atoms with Crippen LogP contribution < -0.4 is 10.6 Å². The monoisotopic (exact) mass is 366 g/mol. The molecule has 3 rings (SSSR count). The van der Waals surface area contributed by atoms with Crippen molar-refractivity contribution in [1.29, 1.82) is 0 Å². The molecule has 0 spiro atoms. The van der Waals surface area contributed by atoms with Gasteiger partial charge in [0, 0.05) is 29.2 Å². The zero-order chi connectivity index (χ0) is 19.4. The molecule has 7 nitrogen and oxygen atoms in total. The predicted octanol–water partition coefficient (Wildman–Crippen LogP) is 3.50. The number of anilines is 2. The third-order valence-corrected chi connectivity index (χ3v) is 3.85. The van der Waals surface area contributed by atoms with E-state index in [-0.39, 0.29) is 11.7 Å². The van der Waals surface area contributed by atoms with Gasteiger partial charge in [0.15, 0.2) is 6.61 Å². The van der Waals surface area contributed by atoms with Crippen molar-refractivity contribution in [2.45, 2.75) is 13.8 Å². The minimum atomic E-state index is -0.695. The first-order chi connectivity index (χ1) is 12.9. The van der Waals surface area contributed by atoms with E-state index >= 15 is 0 Å². The Balaban J connectivity index is 1.57. The first kappa shape index (κ1) is 18.2. The lowest BCUT2D eigenvalue weighted by atomic mass is 10.1. The van der Waals surface area contributed by atoms with E-state index in [1.807, 2.05) is 18.2 Å². The lowest BCUT2D eigenvalue weighted by Crippen LogP contribution is -2.21. The van der Waals surface area contributed by atoms with E-state index in [0.717, 1.165) is 5.39 Å². The fraction of sp³-hybridized carbons (Fsp3) is 0.150. The van der Waals surface area contributed by atoms with Crippen molar-refractivity contribution in [3.63, 3.8) is 0 Å². The van der Waals surface area contributed by atoms with Crippen LogP contribution in [0, 0.1) is 6.92 Å². The minimum Gasteiger partial charge on any atom is -0.450 e. The van der Waals surface area contributed by atoms with Crippen LogP contribution in [0.4, 0.5) is 11.4 Å². The lowest BCUT2D eigenvalue weighted by Gasteiger charge is -2.07. The summed E-state index contributed by atoms with van der Waals surface area (Å²) in [5, 5.41) is 6.07. The zero-order valence-electron chi connectivity index (χ0n) is 14.9. The highest BCUT2D eigenvalue weighted by Gasteiger charge is 2.19. The molecule has 0 aliphatic rings. The number of carbonyl (C=O) groups is 3. The molecule has 7 heteroatoms. The van der Waals surface area contributed by atoms with E-state index < -0.39 is 18.5 Å². The highest BCUT2D eigenvalue weighted by atomic mass is 16.5. The molecule has 1 aromatic heterocycles. The number of para-hydroxylation sites is 1. The summed E-state index contributed by atoms with van der Waals surface area (Å²) in [6, 6.07) is 13.8. The van der Waals surface area contributed by atoms with E-state index in [1.165, 1.54) is 6.92 Å². The molecule has 0 fully saturated rings. The lowest BCUT2D eigenvalue weighted by molar-refractivity contribution is -0.119. The quantitative estimate of drug-likeness (QED) is 0.674. The Bertz CT molecular complexity index is 1000. The summed E-state index contributed by atoms with van der Waals surface area (Å²) >= 11 is 0. The SMILES string of the molecule is CC(=O)Nc1ccc(NC(=O)COC(=O)c2oc3ccccc3c2C)cc1. The Morgan fingerprint density at radius 2 is 1.59 bits per heavy atom.